The molecule has 1 fully saturated rings. The molecule has 0 amide bonds. The summed E-state index contributed by atoms with van der Waals surface area (Å²) in [5.41, 5.74) is 0. The van der Waals surface area contributed by atoms with Crippen LogP contribution in [0.5, 0.6) is 0 Å². The van der Waals surface area contributed by atoms with E-state index in [9.17, 15) is 0 Å². The third kappa shape index (κ3) is 2.36. The van der Waals surface area contributed by atoms with Crippen molar-refractivity contribution < 1.29 is 9.47 Å². The van der Waals surface area contributed by atoms with Crippen LogP contribution in [0.25, 0.3) is 0 Å². The molecule has 0 saturated heterocycles. The molecule has 1 saturated carbocycles. The van der Waals surface area contributed by atoms with Crippen LogP contribution in [0.1, 0.15) is 19.3 Å². The molecule has 0 aromatic carbocycles. The lowest BCUT2D eigenvalue weighted by Crippen LogP contribution is -2.36. The first-order valence-electron chi connectivity index (χ1n) is 4.01. The average molecular weight is 176 g/mol. The maximum atomic E-state index is 5.29. The summed E-state index contributed by atoms with van der Waals surface area (Å²) in [7, 11) is 3.48. The maximum Gasteiger partial charge on any atom is 0.0843 e. The van der Waals surface area contributed by atoms with E-state index in [-0.39, 0.29) is 12.2 Å². The average Bonchev–Trinajstić information content (AvgIpc) is 2.04. The number of hydrogen-bond donors (Lipinski definition) is 1. The van der Waals surface area contributed by atoms with Gasteiger partial charge in [-0.3, -0.25) is 0 Å². The molecule has 1 aliphatic carbocycles. The third-order valence-electron chi connectivity index (χ3n) is 2.31. The topological polar surface area (TPSA) is 18.5 Å². The minimum atomic E-state index is 0.247. The number of hydrogen-bond acceptors (Lipinski definition) is 3. The SMILES string of the molecule is COC1CCC(S)CC1OC. The first-order chi connectivity index (χ1) is 5.27. The Bertz CT molecular complexity index is 119. The zero-order valence-electron chi connectivity index (χ0n) is 7.12. The highest BCUT2D eigenvalue weighted by molar-refractivity contribution is 7.80. The van der Waals surface area contributed by atoms with Gasteiger partial charge >= 0.3 is 0 Å². The van der Waals surface area contributed by atoms with Gasteiger partial charge in [0.2, 0.25) is 0 Å². The smallest absolute Gasteiger partial charge is 0.0843 e. The van der Waals surface area contributed by atoms with Crippen molar-refractivity contribution in [3.8, 4) is 0 Å². The Morgan fingerprint density at radius 1 is 1.09 bits per heavy atom. The van der Waals surface area contributed by atoms with Crippen molar-refractivity contribution in [1.29, 1.82) is 0 Å². The van der Waals surface area contributed by atoms with Crippen molar-refractivity contribution in [3.05, 3.63) is 0 Å². The van der Waals surface area contributed by atoms with Crippen LogP contribution in [0.2, 0.25) is 0 Å². The van der Waals surface area contributed by atoms with Gasteiger partial charge in [-0.1, -0.05) is 0 Å². The maximum absolute atomic E-state index is 5.29. The van der Waals surface area contributed by atoms with Crippen molar-refractivity contribution in [3.63, 3.8) is 0 Å². The summed E-state index contributed by atoms with van der Waals surface area (Å²) in [6, 6.07) is 0. The van der Waals surface area contributed by atoms with Gasteiger partial charge in [-0.25, -0.2) is 0 Å². The monoisotopic (exact) mass is 176 g/mol. The van der Waals surface area contributed by atoms with Crippen LogP contribution < -0.4 is 0 Å². The van der Waals surface area contributed by atoms with E-state index in [4.69, 9.17) is 9.47 Å². The van der Waals surface area contributed by atoms with Crippen LogP contribution in [0.15, 0.2) is 0 Å². The van der Waals surface area contributed by atoms with Gasteiger partial charge in [-0.05, 0) is 19.3 Å². The second-order valence-corrected chi connectivity index (χ2v) is 3.75. The first-order valence-corrected chi connectivity index (χ1v) is 4.53. The molecule has 0 radical (unpaired) electrons. The zero-order valence-corrected chi connectivity index (χ0v) is 8.01. The Balaban J connectivity index is 2.41. The van der Waals surface area contributed by atoms with Crippen molar-refractivity contribution in [2.45, 2.75) is 36.7 Å². The van der Waals surface area contributed by atoms with Gasteiger partial charge in [0, 0.05) is 19.5 Å². The Morgan fingerprint density at radius 2 is 1.73 bits per heavy atom. The second-order valence-electron chi connectivity index (χ2n) is 3.02. The summed E-state index contributed by atoms with van der Waals surface area (Å²) in [6.45, 7) is 0. The molecule has 0 aromatic rings. The lowest BCUT2D eigenvalue weighted by Gasteiger charge is -2.32. The largest absolute Gasteiger partial charge is 0.379 e. The van der Waals surface area contributed by atoms with E-state index < -0.39 is 0 Å². The predicted octanol–water partition coefficient (Wildman–Crippen LogP) is 1.50. The van der Waals surface area contributed by atoms with E-state index >= 15 is 0 Å². The van der Waals surface area contributed by atoms with Gasteiger partial charge in [0.15, 0.2) is 0 Å². The Morgan fingerprint density at radius 3 is 2.27 bits per heavy atom. The highest BCUT2D eigenvalue weighted by atomic mass is 32.1. The van der Waals surface area contributed by atoms with Crippen molar-refractivity contribution in [2.75, 3.05) is 14.2 Å². The lowest BCUT2D eigenvalue weighted by atomic mass is 9.94. The fourth-order valence-corrected chi connectivity index (χ4v) is 1.95. The van der Waals surface area contributed by atoms with Crippen molar-refractivity contribution in [1.82, 2.24) is 0 Å². The lowest BCUT2D eigenvalue weighted by molar-refractivity contribution is -0.0561. The summed E-state index contributed by atoms with van der Waals surface area (Å²) in [5, 5.41) is 0.492. The minimum absolute atomic E-state index is 0.247. The molecule has 0 heterocycles. The number of ether oxygens (including phenoxy) is 2. The molecule has 11 heavy (non-hydrogen) atoms. The highest BCUT2D eigenvalue weighted by Crippen LogP contribution is 2.26. The molecule has 0 spiro atoms. The summed E-state index contributed by atoms with van der Waals surface area (Å²) in [4.78, 5) is 0. The van der Waals surface area contributed by atoms with Gasteiger partial charge in [0.25, 0.3) is 0 Å². The fraction of sp³-hybridized carbons (Fsp3) is 1.00. The van der Waals surface area contributed by atoms with E-state index in [1.54, 1.807) is 14.2 Å². The van der Waals surface area contributed by atoms with Crippen LogP contribution in [-0.2, 0) is 9.47 Å². The molecule has 2 nitrogen and oxygen atoms in total. The molecule has 1 rings (SSSR count). The molecule has 0 aliphatic heterocycles. The van der Waals surface area contributed by atoms with E-state index in [0.29, 0.717) is 5.25 Å². The standard InChI is InChI=1S/C8H16O2S/c1-9-7-4-3-6(11)5-8(7)10-2/h6-8,11H,3-5H2,1-2H3. The van der Waals surface area contributed by atoms with Crippen molar-refractivity contribution >= 4 is 12.6 Å². The number of rotatable bonds is 2. The van der Waals surface area contributed by atoms with Crippen LogP contribution in [0, 0.1) is 0 Å². The van der Waals surface area contributed by atoms with Gasteiger partial charge in [0.05, 0.1) is 12.2 Å². The van der Waals surface area contributed by atoms with Gasteiger partial charge in [-0.2, -0.15) is 12.6 Å². The number of thiol groups is 1. The molecule has 1 aliphatic rings. The molecular weight excluding hydrogens is 160 g/mol. The van der Waals surface area contributed by atoms with E-state index in [0.717, 1.165) is 19.3 Å². The van der Waals surface area contributed by atoms with Crippen LogP contribution in [-0.4, -0.2) is 31.7 Å². The molecule has 0 aromatic heterocycles. The zero-order chi connectivity index (χ0) is 8.27. The molecule has 3 unspecified atom stereocenters. The normalized spacial score (nSPS) is 39.0. The molecule has 3 atom stereocenters. The molecule has 66 valence electrons. The summed E-state index contributed by atoms with van der Waals surface area (Å²) in [5.74, 6) is 0. The summed E-state index contributed by atoms with van der Waals surface area (Å²) >= 11 is 4.42. The highest BCUT2D eigenvalue weighted by Gasteiger charge is 2.28. The van der Waals surface area contributed by atoms with Crippen LogP contribution in [0.3, 0.4) is 0 Å². The molecule has 0 bridgehead atoms. The molecular formula is C8H16O2S. The second kappa shape index (κ2) is 4.33. The minimum Gasteiger partial charge on any atom is -0.379 e. The molecule has 0 N–H and O–H groups in total. The predicted molar refractivity (Wildman–Crippen MR) is 48.2 cm³/mol. The Hall–Kier alpha value is 0.270. The van der Waals surface area contributed by atoms with E-state index in [1.807, 2.05) is 0 Å². The summed E-state index contributed by atoms with van der Waals surface area (Å²) in [6.07, 6.45) is 3.75. The van der Waals surface area contributed by atoms with Crippen molar-refractivity contribution in [2.24, 2.45) is 0 Å². The molecule has 3 heteroatoms. The number of methoxy groups -OCH3 is 2. The summed E-state index contributed by atoms with van der Waals surface area (Å²) < 4.78 is 10.6. The van der Waals surface area contributed by atoms with Gasteiger partial charge in [0.1, 0.15) is 0 Å². The first kappa shape index (κ1) is 9.36. The van der Waals surface area contributed by atoms with E-state index in [1.165, 1.54) is 0 Å². The Labute approximate surface area is 73.7 Å². The van der Waals surface area contributed by atoms with E-state index in [2.05, 4.69) is 12.6 Å². The Kier molecular flexibility index (Phi) is 3.69. The van der Waals surface area contributed by atoms with Gasteiger partial charge in [-0.15, -0.1) is 0 Å². The van der Waals surface area contributed by atoms with Gasteiger partial charge < -0.3 is 9.47 Å². The quantitative estimate of drug-likeness (QED) is 0.643. The van der Waals surface area contributed by atoms with Crippen LogP contribution >= 0.6 is 12.6 Å². The third-order valence-corrected chi connectivity index (χ3v) is 2.78. The fourth-order valence-electron chi connectivity index (χ4n) is 1.60. The van der Waals surface area contributed by atoms with Crippen LogP contribution in [0.4, 0.5) is 0 Å².